The standard InChI is InChI=1S/C18H19ClN4O2/c1-22-8-2-3-15(22)16-12-24-10-9-23(16)11-17-20-18(21-25-17)13-4-6-14(19)7-5-13/h2-8,16H,9-12H2,1H3/t16-/m0/s1. The SMILES string of the molecule is Cn1cccc1[C@@H]1COCCN1Cc1nc(-c2ccc(Cl)cc2)no1. The maximum absolute atomic E-state index is 5.93. The van der Waals surface area contributed by atoms with Crippen molar-refractivity contribution in [2.24, 2.45) is 7.05 Å². The van der Waals surface area contributed by atoms with Crippen molar-refractivity contribution < 1.29 is 9.26 Å². The quantitative estimate of drug-likeness (QED) is 0.716. The van der Waals surface area contributed by atoms with Crippen molar-refractivity contribution in [3.63, 3.8) is 0 Å². The average molecular weight is 359 g/mol. The van der Waals surface area contributed by atoms with Gasteiger partial charge in [-0.2, -0.15) is 4.98 Å². The van der Waals surface area contributed by atoms with E-state index in [1.807, 2.05) is 43.6 Å². The molecule has 0 bridgehead atoms. The van der Waals surface area contributed by atoms with Crippen LogP contribution in [0, 0.1) is 0 Å². The van der Waals surface area contributed by atoms with Gasteiger partial charge in [0.1, 0.15) is 0 Å². The van der Waals surface area contributed by atoms with Gasteiger partial charge in [-0.15, -0.1) is 0 Å². The van der Waals surface area contributed by atoms with E-state index < -0.39 is 0 Å². The van der Waals surface area contributed by atoms with Crippen LogP contribution in [0.15, 0.2) is 47.1 Å². The summed E-state index contributed by atoms with van der Waals surface area (Å²) in [6.07, 6.45) is 2.05. The van der Waals surface area contributed by atoms with Crippen LogP contribution in [0.5, 0.6) is 0 Å². The van der Waals surface area contributed by atoms with E-state index in [0.29, 0.717) is 36.5 Å². The second kappa shape index (κ2) is 7.00. The molecule has 6 nitrogen and oxygen atoms in total. The number of morpholine rings is 1. The van der Waals surface area contributed by atoms with Crippen molar-refractivity contribution in [3.05, 3.63) is 59.2 Å². The van der Waals surface area contributed by atoms with Crippen molar-refractivity contribution in [1.29, 1.82) is 0 Å². The van der Waals surface area contributed by atoms with Gasteiger partial charge in [0, 0.05) is 36.1 Å². The van der Waals surface area contributed by atoms with E-state index in [1.54, 1.807) is 0 Å². The fourth-order valence-corrected chi connectivity index (χ4v) is 3.26. The molecule has 3 aromatic rings. The first-order chi connectivity index (χ1) is 12.2. The molecule has 0 aliphatic carbocycles. The molecule has 7 heteroatoms. The predicted molar refractivity (Wildman–Crippen MR) is 94.1 cm³/mol. The summed E-state index contributed by atoms with van der Waals surface area (Å²) in [6.45, 7) is 2.80. The van der Waals surface area contributed by atoms with Crippen LogP contribution in [-0.4, -0.2) is 39.4 Å². The van der Waals surface area contributed by atoms with Gasteiger partial charge in [0.2, 0.25) is 11.7 Å². The second-order valence-corrected chi connectivity index (χ2v) is 6.56. The highest BCUT2D eigenvalue weighted by Gasteiger charge is 2.27. The van der Waals surface area contributed by atoms with Crippen LogP contribution in [0.2, 0.25) is 5.02 Å². The molecular weight excluding hydrogens is 340 g/mol. The fraction of sp³-hybridized carbons (Fsp3) is 0.333. The Morgan fingerprint density at radius 3 is 2.84 bits per heavy atom. The first kappa shape index (κ1) is 16.3. The number of halogens is 1. The lowest BCUT2D eigenvalue weighted by Crippen LogP contribution is -2.39. The molecule has 2 aromatic heterocycles. The maximum atomic E-state index is 5.93. The van der Waals surface area contributed by atoms with E-state index in [9.17, 15) is 0 Å². The molecule has 1 aromatic carbocycles. The summed E-state index contributed by atoms with van der Waals surface area (Å²) in [4.78, 5) is 6.85. The zero-order valence-electron chi connectivity index (χ0n) is 13.9. The minimum absolute atomic E-state index is 0.180. The second-order valence-electron chi connectivity index (χ2n) is 6.12. The van der Waals surface area contributed by atoms with Crippen LogP contribution >= 0.6 is 11.6 Å². The summed E-state index contributed by atoms with van der Waals surface area (Å²) in [5, 5.41) is 4.78. The molecule has 0 unspecified atom stereocenters. The summed E-state index contributed by atoms with van der Waals surface area (Å²) in [7, 11) is 2.05. The zero-order chi connectivity index (χ0) is 17.2. The summed E-state index contributed by atoms with van der Waals surface area (Å²) in [6, 6.07) is 11.8. The lowest BCUT2D eigenvalue weighted by molar-refractivity contribution is -0.0192. The molecule has 0 N–H and O–H groups in total. The molecular formula is C18H19ClN4O2. The highest BCUT2D eigenvalue weighted by atomic mass is 35.5. The number of hydrogen-bond acceptors (Lipinski definition) is 5. The first-order valence-electron chi connectivity index (χ1n) is 8.22. The Balaban J connectivity index is 1.52. The number of hydrogen-bond donors (Lipinski definition) is 0. The third-order valence-corrected chi connectivity index (χ3v) is 4.73. The Labute approximate surface area is 151 Å². The number of benzene rings is 1. The molecule has 1 atom stereocenters. The van der Waals surface area contributed by atoms with Crippen LogP contribution in [0.25, 0.3) is 11.4 Å². The lowest BCUT2D eigenvalue weighted by atomic mass is 10.1. The third kappa shape index (κ3) is 3.46. The van der Waals surface area contributed by atoms with Gasteiger partial charge in [-0.25, -0.2) is 0 Å². The van der Waals surface area contributed by atoms with Crippen molar-refractivity contribution >= 4 is 11.6 Å². The van der Waals surface area contributed by atoms with E-state index >= 15 is 0 Å². The third-order valence-electron chi connectivity index (χ3n) is 4.47. The van der Waals surface area contributed by atoms with Gasteiger partial charge < -0.3 is 13.8 Å². The summed E-state index contributed by atoms with van der Waals surface area (Å²) in [5.74, 6) is 1.18. The molecule has 25 heavy (non-hydrogen) atoms. The van der Waals surface area contributed by atoms with Gasteiger partial charge >= 0.3 is 0 Å². The van der Waals surface area contributed by atoms with E-state index in [-0.39, 0.29) is 6.04 Å². The summed E-state index contributed by atoms with van der Waals surface area (Å²) in [5.41, 5.74) is 2.11. The average Bonchev–Trinajstić information content (AvgIpc) is 3.25. The van der Waals surface area contributed by atoms with Crippen LogP contribution in [-0.2, 0) is 18.3 Å². The predicted octanol–water partition coefficient (Wildman–Crippen LogP) is 3.30. The number of nitrogens with zero attached hydrogens (tertiary/aromatic N) is 4. The van der Waals surface area contributed by atoms with Crippen molar-refractivity contribution in [2.45, 2.75) is 12.6 Å². The molecule has 4 rings (SSSR count). The molecule has 130 valence electrons. The van der Waals surface area contributed by atoms with Crippen LogP contribution < -0.4 is 0 Å². The highest BCUT2D eigenvalue weighted by Crippen LogP contribution is 2.26. The lowest BCUT2D eigenvalue weighted by Gasteiger charge is -2.34. The maximum Gasteiger partial charge on any atom is 0.241 e. The molecule has 1 aliphatic heterocycles. The molecule has 3 heterocycles. The molecule has 1 saturated heterocycles. The highest BCUT2D eigenvalue weighted by molar-refractivity contribution is 6.30. The van der Waals surface area contributed by atoms with Gasteiger partial charge in [-0.1, -0.05) is 16.8 Å². The Morgan fingerprint density at radius 1 is 1.24 bits per heavy atom. The smallest absolute Gasteiger partial charge is 0.241 e. The summed E-state index contributed by atoms with van der Waals surface area (Å²) >= 11 is 5.93. The topological polar surface area (TPSA) is 56.3 Å². The minimum Gasteiger partial charge on any atom is -0.378 e. The molecule has 0 spiro atoms. The van der Waals surface area contributed by atoms with Gasteiger partial charge in [-0.3, -0.25) is 4.90 Å². The summed E-state index contributed by atoms with van der Waals surface area (Å²) < 4.78 is 13.3. The number of aryl methyl sites for hydroxylation is 1. The number of ether oxygens (including phenoxy) is 1. The Bertz CT molecular complexity index is 843. The van der Waals surface area contributed by atoms with E-state index in [0.717, 1.165) is 12.1 Å². The van der Waals surface area contributed by atoms with Gasteiger partial charge in [0.25, 0.3) is 0 Å². The Morgan fingerprint density at radius 2 is 2.08 bits per heavy atom. The number of aromatic nitrogens is 3. The number of rotatable bonds is 4. The normalized spacial score (nSPS) is 18.6. The largest absolute Gasteiger partial charge is 0.378 e. The van der Waals surface area contributed by atoms with Gasteiger partial charge in [0.05, 0.1) is 25.8 Å². The first-order valence-corrected chi connectivity index (χ1v) is 8.60. The molecule has 0 amide bonds. The monoisotopic (exact) mass is 358 g/mol. The van der Waals surface area contributed by atoms with Crippen LogP contribution in [0.1, 0.15) is 17.6 Å². The fourth-order valence-electron chi connectivity index (χ4n) is 3.13. The van der Waals surface area contributed by atoms with Gasteiger partial charge in [0.15, 0.2) is 0 Å². The zero-order valence-corrected chi connectivity index (χ0v) is 14.7. The molecule has 1 aliphatic rings. The van der Waals surface area contributed by atoms with E-state index in [4.69, 9.17) is 20.9 Å². The minimum atomic E-state index is 0.180. The van der Waals surface area contributed by atoms with Crippen molar-refractivity contribution in [3.8, 4) is 11.4 Å². The Hall–Kier alpha value is -2.15. The van der Waals surface area contributed by atoms with Crippen LogP contribution in [0.3, 0.4) is 0 Å². The molecule has 1 fully saturated rings. The van der Waals surface area contributed by atoms with Gasteiger partial charge in [-0.05, 0) is 36.4 Å². The van der Waals surface area contributed by atoms with Crippen LogP contribution in [0.4, 0.5) is 0 Å². The van der Waals surface area contributed by atoms with E-state index in [1.165, 1.54) is 5.69 Å². The van der Waals surface area contributed by atoms with E-state index in [2.05, 4.69) is 25.7 Å². The molecule has 0 radical (unpaired) electrons. The molecule has 0 saturated carbocycles. The van der Waals surface area contributed by atoms with Crippen molar-refractivity contribution in [1.82, 2.24) is 19.6 Å². The Kier molecular flexibility index (Phi) is 4.57. The van der Waals surface area contributed by atoms with Crippen molar-refractivity contribution in [2.75, 3.05) is 19.8 Å².